The highest BCUT2D eigenvalue weighted by Gasteiger charge is 2.20. The number of halogens is 1. The van der Waals surface area contributed by atoms with Crippen LogP contribution in [0.3, 0.4) is 0 Å². The summed E-state index contributed by atoms with van der Waals surface area (Å²) in [5.41, 5.74) is 11.9. The van der Waals surface area contributed by atoms with Crippen LogP contribution < -0.4 is 11.1 Å². The van der Waals surface area contributed by atoms with E-state index in [1.165, 1.54) is 12.1 Å². The first-order valence-corrected chi connectivity index (χ1v) is 12.7. The Morgan fingerprint density at radius 2 is 1.79 bits per heavy atom. The van der Waals surface area contributed by atoms with Gasteiger partial charge < -0.3 is 11.1 Å². The molecule has 0 spiro atoms. The van der Waals surface area contributed by atoms with Crippen molar-refractivity contribution in [1.82, 2.24) is 29.7 Å². The fourth-order valence-electron chi connectivity index (χ4n) is 5.01. The molecule has 0 atom stereocenters. The molecule has 4 heterocycles. The van der Waals surface area contributed by atoms with Crippen molar-refractivity contribution >= 4 is 17.0 Å². The zero-order valence-electron chi connectivity index (χ0n) is 23.8. The molecule has 7 nitrogen and oxygen atoms in total. The fourth-order valence-corrected chi connectivity index (χ4v) is 5.01. The second kappa shape index (κ2) is 10.3. The molecule has 38 heavy (non-hydrogen) atoms. The number of nitrogen functional groups attached to an aromatic ring is 1. The first-order valence-electron chi connectivity index (χ1n) is 14.2. The van der Waals surface area contributed by atoms with Crippen molar-refractivity contribution in [3.63, 3.8) is 0 Å². The lowest BCUT2D eigenvalue weighted by Gasteiger charge is -2.31. The van der Waals surface area contributed by atoms with Crippen LogP contribution in [0, 0.1) is 5.82 Å². The van der Waals surface area contributed by atoms with Gasteiger partial charge in [-0.25, -0.2) is 19.3 Å². The van der Waals surface area contributed by atoms with Gasteiger partial charge in [0.2, 0.25) is 0 Å². The highest BCUT2D eigenvalue weighted by atomic mass is 19.1. The number of likely N-dealkylation sites (tertiary alicyclic amines) is 1. The highest BCUT2D eigenvalue weighted by molar-refractivity contribution is 5.84. The van der Waals surface area contributed by atoms with E-state index in [1.54, 1.807) is 18.3 Å². The average molecular weight is 511 g/mol. The Labute approximate surface area is 225 Å². The van der Waals surface area contributed by atoms with E-state index in [4.69, 9.17) is 19.8 Å². The Bertz CT molecular complexity index is 1660. The van der Waals surface area contributed by atoms with Crippen LogP contribution in [0.5, 0.6) is 0 Å². The molecule has 0 saturated carbocycles. The summed E-state index contributed by atoms with van der Waals surface area (Å²) in [5, 5.41) is 2.75. The molecule has 3 aromatic heterocycles. The molecule has 0 radical (unpaired) electrons. The quantitative estimate of drug-likeness (QED) is 0.332. The number of fused-ring (bicyclic) bond motifs is 1. The normalized spacial score (nSPS) is 16.3. The van der Waals surface area contributed by atoms with Crippen LogP contribution in [0.4, 0.5) is 10.2 Å². The maximum atomic E-state index is 13.5. The molecular formula is C30H30FN7. The molecule has 5 aromatic rings. The van der Waals surface area contributed by atoms with E-state index >= 15 is 0 Å². The van der Waals surface area contributed by atoms with Crippen molar-refractivity contribution in [1.29, 1.82) is 0 Å². The van der Waals surface area contributed by atoms with Gasteiger partial charge in [-0.15, -0.1) is 0 Å². The van der Waals surface area contributed by atoms with E-state index < -0.39 is 6.98 Å². The van der Waals surface area contributed by atoms with Crippen molar-refractivity contribution in [2.45, 2.75) is 25.4 Å². The standard InChI is InChI=1S/C30H30FN7/c1-33-23-14-17-37(18-15-23)19-20-4-10-24(11-5-20)38-29(25-3-2-16-34-28(25)32)36-27-13-12-26(35-30(27)38)21-6-8-22(31)9-7-21/h2-13,16,23,33H,14-15,17-19H2,1H3,(H2,32,34)/i1D3. The summed E-state index contributed by atoms with van der Waals surface area (Å²) < 4.78 is 37.9. The molecule has 0 bridgehead atoms. The van der Waals surface area contributed by atoms with Gasteiger partial charge in [0.25, 0.3) is 0 Å². The monoisotopic (exact) mass is 510 g/mol. The number of nitrogens with zero attached hydrogens (tertiary/aromatic N) is 5. The Morgan fingerprint density at radius 1 is 1.00 bits per heavy atom. The highest BCUT2D eigenvalue weighted by Crippen LogP contribution is 2.32. The zero-order chi connectivity index (χ0) is 28.6. The first-order chi connectivity index (χ1) is 19.7. The van der Waals surface area contributed by atoms with Crippen LogP contribution in [0.15, 0.2) is 79.0 Å². The number of imidazole rings is 1. The lowest BCUT2D eigenvalue weighted by Crippen LogP contribution is -2.40. The molecule has 1 aliphatic heterocycles. The first kappa shape index (κ1) is 20.9. The summed E-state index contributed by atoms with van der Waals surface area (Å²) in [6.45, 7) is 0.347. The maximum Gasteiger partial charge on any atom is 0.165 e. The summed E-state index contributed by atoms with van der Waals surface area (Å²) in [6.07, 6.45) is 3.25. The zero-order valence-corrected chi connectivity index (χ0v) is 20.8. The number of hydrogen-bond donors (Lipinski definition) is 2. The number of anilines is 1. The molecule has 0 amide bonds. The molecule has 6 rings (SSSR count). The van der Waals surface area contributed by atoms with Gasteiger partial charge in [0.1, 0.15) is 17.2 Å². The fraction of sp³-hybridized carbons (Fsp3) is 0.233. The number of benzene rings is 2. The second-order valence-electron chi connectivity index (χ2n) is 9.61. The Kier molecular flexibility index (Phi) is 5.66. The number of nitrogens with one attached hydrogen (secondary N) is 1. The Morgan fingerprint density at radius 3 is 2.53 bits per heavy atom. The van der Waals surface area contributed by atoms with Gasteiger partial charge in [0, 0.05) is 34.1 Å². The van der Waals surface area contributed by atoms with Gasteiger partial charge in [-0.3, -0.25) is 9.47 Å². The van der Waals surface area contributed by atoms with Crippen LogP contribution in [0.25, 0.3) is 39.5 Å². The number of hydrogen-bond acceptors (Lipinski definition) is 6. The smallest absolute Gasteiger partial charge is 0.165 e. The van der Waals surface area contributed by atoms with Crippen LogP contribution in [-0.2, 0) is 6.54 Å². The molecule has 1 aliphatic rings. The van der Waals surface area contributed by atoms with E-state index in [9.17, 15) is 4.39 Å². The number of aromatic nitrogens is 4. The SMILES string of the molecule is [2H]C([2H])([2H])NC1CCN(Cc2ccc(-n3c(-c4cccnc4N)nc4ccc(-c5ccc(F)cc5)nc43)cc2)CC1. The molecule has 0 aliphatic carbocycles. The number of piperidine rings is 1. The van der Waals surface area contributed by atoms with Crippen molar-refractivity contribution in [3.8, 4) is 28.3 Å². The summed E-state index contributed by atoms with van der Waals surface area (Å²) in [7, 11) is 0. The van der Waals surface area contributed by atoms with Crippen molar-refractivity contribution in [2.24, 2.45) is 0 Å². The predicted molar refractivity (Wildman–Crippen MR) is 149 cm³/mol. The topological polar surface area (TPSA) is 84.9 Å². The lowest BCUT2D eigenvalue weighted by atomic mass is 10.0. The molecule has 192 valence electrons. The van der Waals surface area contributed by atoms with Gasteiger partial charge in [0.05, 0.1) is 11.3 Å². The minimum absolute atomic E-state index is 0.0151. The van der Waals surface area contributed by atoms with Gasteiger partial charge in [-0.05, 0) is 99.1 Å². The third-order valence-corrected chi connectivity index (χ3v) is 7.12. The summed E-state index contributed by atoms with van der Waals surface area (Å²) in [6, 6.07) is 22.0. The van der Waals surface area contributed by atoms with Crippen LogP contribution in [0.1, 0.15) is 22.5 Å². The third kappa shape index (κ3) is 4.76. The van der Waals surface area contributed by atoms with Crippen LogP contribution >= 0.6 is 0 Å². The molecule has 8 heteroatoms. The van der Waals surface area contributed by atoms with Crippen LogP contribution in [0.2, 0.25) is 0 Å². The van der Waals surface area contributed by atoms with Gasteiger partial charge >= 0.3 is 0 Å². The predicted octanol–water partition coefficient (Wildman–Crippen LogP) is 5.05. The number of rotatable bonds is 6. The Hall–Kier alpha value is -4.14. The second-order valence-corrected chi connectivity index (χ2v) is 9.61. The summed E-state index contributed by atoms with van der Waals surface area (Å²) in [4.78, 5) is 16.4. The van der Waals surface area contributed by atoms with E-state index in [2.05, 4.69) is 27.3 Å². The van der Waals surface area contributed by atoms with Crippen molar-refractivity contribution in [3.05, 3.63) is 90.4 Å². The maximum absolute atomic E-state index is 13.5. The molecule has 3 N–H and O–H groups in total. The molecule has 0 unspecified atom stereocenters. The number of pyridine rings is 2. The van der Waals surface area contributed by atoms with Gasteiger partial charge in [-0.1, -0.05) is 12.1 Å². The number of nitrogens with two attached hydrogens (primary N) is 1. The van der Waals surface area contributed by atoms with Gasteiger partial charge in [-0.2, -0.15) is 0 Å². The largest absolute Gasteiger partial charge is 0.383 e. The lowest BCUT2D eigenvalue weighted by molar-refractivity contribution is 0.194. The van der Waals surface area contributed by atoms with Crippen molar-refractivity contribution in [2.75, 3.05) is 25.8 Å². The summed E-state index contributed by atoms with van der Waals surface area (Å²) in [5.74, 6) is 0.702. The third-order valence-electron chi connectivity index (χ3n) is 7.12. The summed E-state index contributed by atoms with van der Waals surface area (Å²) >= 11 is 0. The van der Waals surface area contributed by atoms with E-state index in [1.807, 2.05) is 41.0 Å². The molecule has 1 saturated heterocycles. The van der Waals surface area contributed by atoms with E-state index in [-0.39, 0.29) is 11.9 Å². The Balaban J connectivity index is 1.32. The van der Waals surface area contributed by atoms with Gasteiger partial charge in [0.15, 0.2) is 11.5 Å². The van der Waals surface area contributed by atoms with Crippen LogP contribution in [-0.4, -0.2) is 50.5 Å². The molecule has 1 fully saturated rings. The molecular weight excluding hydrogens is 477 g/mol. The minimum atomic E-state index is -2.10. The average Bonchev–Trinajstić information content (AvgIpc) is 3.33. The van der Waals surface area contributed by atoms with E-state index in [0.717, 1.165) is 49.3 Å². The minimum Gasteiger partial charge on any atom is -0.383 e. The van der Waals surface area contributed by atoms with E-state index in [0.29, 0.717) is 34.1 Å². The molecule has 2 aromatic carbocycles. The van der Waals surface area contributed by atoms with Crippen molar-refractivity contribution < 1.29 is 8.50 Å².